The lowest BCUT2D eigenvalue weighted by Crippen LogP contribution is -2.38. The van der Waals surface area contributed by atoms with Gasteiger partial charge in [0.2, 0.25) is 0 Å². The van der Waals surface area contributed by atoms with E-state index >= 15 is 0 Å². The van der Waals surface area contributed by atoms with Gasteiger partial charge in [0.15, 0.2) is 0 Å². The number of aliphatic hydroxyl groups excluding tert-OH is 1. The van der Waals surface area contributed by atoms with Gasteiger partial charge < -0.3 is 10.0 Å². The van der Waals surface area contributed by atoms with Crippen LogP contribution in [-0.2, 0) is 6.42 Å². The van der Waals surface area contributed by atoms with E-state index in [1.54, 1.807) is 5.19 Å². The average molecular weight is 306 g/mol. The van der Waals surface area contributed by atoms with Crippen molar-refractivity contribution in [2.75, 3.05) is 19.6 Å². The monoisotopic (exact) mass is 305 g/mol. The Morgan fingerprint density at radius 2 is 1.71 bits per heavy atom. The van der Waals surface area contributed by atoms with Crippen LogP contribution in [0.2, 0.25) is 19.6 Å². The van der Waals surface area contributed by atoms with E-state index in [4.69, 9.17) is 0 Å². The van der Waals surface area contributed by atoms with Crippen LogP contribution in [-0.4, -0.2) is 43.8 Å². The Bertz CT molecular complexity index is 430. The molecule has 1 atom stereocenters. The molecular formula is C18H31NOSi. The van der Waals surface area contributed by atoms with Gasteiger partial charge in [-0.25, -0.2) is 0 Å². The highest BCUT2D eigenvalue weighted by Crippen LogP contribution is 2.15. The van der Waals surface area contributed by atoms with Crippen LogP contribution in [0.5, 0.6) is 0 Å². The van der Waals surface area contributed by atoms with Gasteiger partial charge >= 0.3 is 0 Å². The summed E-state index contributed by atoms with van der Waals surface area (Å²) in [7, 11) is -1.17. The number of hydrogen-bond acceptors (Lipinski definition) is 2. The van der Waals surface area contributed by atoms with Gasteiger partial charge in [0.25, 0.3) is 0 Å². The van der Waals surface area contributed by atoms with E-state index in [1.807, 2.05) is 0 Å². The fraction of sp³-hybridized carbons (Fsp3) is 0.667. The first kappa shape index (κ1) is 16.7. The van der Waals surface area contributed by atoms with E-state index in [0.29, 0.717) is 5.92 Å². The Morgan fingerprint density at radius 1 is 1.14 bits per heavy atom. The molecule has 0 radical (unpaired) electrons. The van der Waals surface area contributed by atoms with Crippen molar-refractivity contribution in [3.05, 3.63) is 29.8 Å². The largest absolute Gasteiger partial charge is 0.393 e. The van der Waals surface area contributed by atoms with Gasteiger partial charge in [-0.3, -0.25) is 0 Å². The summed E-state index contributed by atoms with van der Waals surface area (Å²) in [6.45, 7) is 12.8. The molecule has 1 aliphatic heterocycles. The molecule has 1 aromatic carbocycles. The summed E-state index contributed by atoms with van der Waals surface area (Å²) in [4.78, 5) is 2.51. The zero-order valence-corrected chi connectivity index (χ0v) is 15.1. The predicted molar refractivity (Wildman–Crippen MR) is 94.0 cm³/mol. The lowest BCUT2D eigenvalue weighted by molar-refractivity contribution is 0.0760. The fourth-order valence-corrected chi connectivity index (χ4v) is 4.32. The van der Waals surface area contributed by atoms with E-state index in [9.17, 15) is 5.11 Å². The molecule has 0 spiro atoms. The Labute approximate surface area is 131 Å². The molecule has 1 saturated heterocycles. The molecule has 0 aromatic heterocycles. The van der Waals surface area contributed by atoms with Crippen molar-refractivity contribution in [3.8, 4) is 0 Å². The van der Waals surface area contributed by atoms with Crippen LogP contribution < -0.4 is 5.19 Å². The van der Waals surface area contributed by atoms with E-state index in [1.165, 1.54) is 5.56 Å². The number of likely N-dealkylation sites (tertiary alicyclic amines) is 1. The van der Waals surface area contributed by atoms with Crippen molar-refractivity contribution < 1.29 is 5.11 Å². The molecule has 3 heteroatoms. The minimum atomic E-state index is -1.17. The highest BCUT2D eigenvalue weighted by molar-refractivity contribution is 6.88. The summed E-state index contributed by atoms with van der Waals surface area (Å²) >= 11 is 0. The summed E-state index contributed by atoms with van der Waals surface area (Å²) in [6, 6.07) is 9.32. The van der Waals surface area contributed by atoms with Gasteiger partial charge in [-0.05, 0) is 30.7 Å². The van der Waals surface area contributed by atoms with Crippen molar-refractivity contribution in [1.29, 1.82) is 0 Å². The fourth-order valence-electron chi connectivity index (χ4n) is 3.15. The quantitative estimate of drug-likeness (QED) is 0.846. The zero-order valence-electron chi connectivity index (χ0n) is 14.1. The molecule has 1 fully saturated rings. The molecule has 118 valence electrons. The summed E-state index contributed by atoms with van der Waals surface area (Å²) in [5.74, 6) is 0.679. The summed E-state index contributed by atoms with van der Waals surface area (Å²) in [6.07, 6.45) is 2.98. The van der Waals surface area contributed by atoms with Crippen LogP contribution in [0, 0.1) is 5.92 Å². The van der Waals surface area contributed by atoms with E-state index < -0.39 is 8.07 Å². The Kier molecular flexibility index (Phi) is 5.64. The maximum atomic E-state index is 9.56. The molecule has 2 rings (SSSR count). The van der Waals surface area contributed by atoms with Gasteiger partial charge in [0, 0.05) is 19.6 Å². The third kappa shape index (κ3) is 5.24. The van der Waals surface area contributed by atoms with Gasteiger partial charge in [-0.1, -0.05) is 56.0 Å². The van der Waals surface area contributed by atoms with Crippen molar-refractivity contribution in [3.63, 3.8) is 0 Å². The Balaban J connectivity index is 1.83. The average Bonchev–Trinajstić information content (AvgIpc) is 2.41. The second-order valence-corrected chi connectivity index (χ2v) is 12.9. The molecule has 1 heterocycles. The third-order valence-electron chi connectivity index (χ3n) is 4.53. The van der Waals surface area contributed by atoms with Crippen molar-refractivity contribution in [2.24, 2.45) is 5.92 Å². The molecule has 1 N–H and O–H groups in total. The lowest BCUT2D eigenvalue weighted by atomic mass is 9.99. The van der Waals surface area contributed by atoms with Crippen molar-refractivity contribution in [2.45, 2.75) is 51.9 Å². The van der Waals surface area contributed by atoms with E-state index in [0.717, 1.165) is 38.9 Å². The van der Waals surface area contributed by atoms with Crippen molar-refractivity contribution >= 4 is 13.3 Å². The van der Waals surface area contributed by atoms with E-state index in [2.05, 4.69) is 55.7 Å². The van der Waals surface area contributed by atoms with Gasteiger partial charge in [0.05, 0.1) is 14.2 Å². The van der Waals surface area contributed by atoms with Crippen molar-refractivity contribution in [1.82, 2.24) is 4.90 Å². The van der Waals surface area contributed by atoms with Crippen LogP contribution >= 0.6 is 0 Å². The van der Waals surface area contributed by atoms with Gasteiger partial charge in [-0.15, -0.1) is 0 Å². The first-order valence-corrected chi connectivity index (χ1v) is 11.8. The predicted octanol–water partition coefficient (Wildman–Crippen LogP) is 2.87. The second-order valence-electron chi connectivity index (χ2n) is 7.79. The number of piperidine rings is 1. The first-order valence-electron chi connectivity index (χ1n) is 8.34. The molecule has 21 heavy (non-hydrogen) atoms. The normalized spacial score (nSPS) is 19.7. The standard InChI is InChI=1S/C18H31NOSi/c1-15(14-19-11-9-17(20)10-12-19)13-16-5-7-18(8-6-16)21(2,3)4/h5-8,15,17,20H,9-14H2,1-4H3. The molecule has 1 aromatic rings. The number of rotatable bonds is 5. The molecule has 2 nitrogen and oxygen atoms in total. The van der Waals surface area contributed by atoms with Gasteiger partial charge in [-0.2, -0.15) is 0 Å². The molecule has 0 saturated carbocycles. The minimum absolute atomic E-state index is 0.0642. The third-order valence-corrected chi connectivity index (χ3v) is 6.60. The number of benzene rings is 1. The smallest absolute Gasteiger partial charge is 0.0775 e. The number of nitrogens with zero attached hydrogens (tertiary/aromatic N) is 1. The number of aliphatic hydroxyl groups is 1. The van der Waals surface area contributed by atoms with Crippen LogP contribution in [0.3, 0.4) is 0 Å². The maximum Gasteiger partial charge on any atom is 0.0775 e. The number of hydrogen-bond donors (Lipinski definition) is 1. The summed E-state index contributed by atoms with van der Waals surface area (Å²) in [5.41, 5.74) is 1.46. The van der Waals surface area contributed by atoms with E-state index in [-0.39, 0.29) is 6.10 Å². The molecular weight excluding hydrogens is 274 g/mol. The molecule has 1 unspecified atom stereocenters. The van der Waals surface area contributed by atoms with Crippen LogP contribution in [0.25, 0.3) is 0 Å². The first-order chi connectivity index (χ1) is 9.84. The second kappa shape index (κ2) is 7.08. The highest BCUT2D eigenvalue weighted by atomic mass is 28.3. The topological polar surface area (TPSA) is 23.5 Å². The molecule has 1 aliphatic rings. The van der Waals surface area contributed by atoms with Crippen LogP contribution in [0.15, 0.2) is 24.3 Å². The summed E-state index contributed by atoms with van der Waals surface area (Å²) in [5, 5.41) is 11.1. The highest BCUT2D eigenvalue weighted by Gasteiger charge is 2.19. The SMILES string of the molecule is CC(Cc1ccc([Si](C)(C)C)cc1)CN1CCC(O)CC1. The zero-order chi connectivity index (χ0) is 15.5. The molecule has 0 amide bonds. The van der Waals surface area contributed by atoms with Gasteiger partial charge in [0.1, 0.15) is 0 Å². The Morgan fingerprint density at radius 3 is 2.24 bits per heavy atom. The van der Waals surface area contributed by atoms with Crippen LogP contribution in [0.1, 0.15) is 25.3 Å². The molecule has 0 bridgehead atoms. The molecule has 0 aliphatic carbocycles. The Hall–Kier alpha value is -0.643. The van der Waals surface area contributed by atoms with Crippen LogP contribution in [0.4, 0.5) is 0 Å². The minimum Gasteiger partial charge on any atom is -0.393 e. The summed E-state index contributed by atoms with van der Waals surface area (Å²) < 4.78 is 0. The lowest BCUT2D eigenvalue weighted by Gasteiger charge is -2.31. The maximum absolute atomic E-state index is 9.56.